The van der Waals surface area contributed by atoms with Gasteiger partial charge in [0.1, 0.15) is 0 Å². The van der Waals surface area contributed by atoms with Crippen LogP contribution in [0.3, 0.4) is 0 Å². The first-order valence-corrected chi connectivity index (χ1v) is 4.74. The quantitative estimate of drug-likeness (QED) is 0.608. The highest BCUT2D eigenvalue weighted by atomic mass is 16.1. The van der Waals surface area contributed by atoms with Crippen LogP contribution in [-0.2, 0) is 4.79 Å². The number of hydrogen-bond acceptors (Lipinski definition) is 1. The fraction of sp³-hybridized carbons (Fsp3) is 0.636. The summed E-state index contributed by atoms with van der Waals surface area (Å²) in [6, 6.07) is 0. The molecule has 2 heteroatoms. The molecule has 0 aliphatic carbocycles. The second-order valence-corrected chi connectivity index (χ2v) is 4.45. The molecule has 0 aromatic heterocycles. The molecule has 0 aromatic carbocycles. The first kappa shape index (κ1) is 10.2. The van der Waals surface area contributed by atoms with Crippen molar-refractivity contribution in [2.75, 3.05) is 0 Å². The summed E-state index contributed by atoms with van der Waals surface area (Å²) in [6.45, 7) is 8.55. The lowest BCUT2D eigenvalue weighted by atomic mass is 9.81. The zero-order valence-corrected chi connectivity index (χ0v) is 8.85. The van der Waals surface area contributed by atoms with Crippen LogP contribution in [0, 0.1) is 5.41 Å². The van der Waals surface area contributed by atoms with E-state index >= 15 is 0 Å². The molecule has 1 aliphatic heterocycles. The van der Waals surface area contributed by atoms with Gasteiger partial charge >= 0.3 is 0 Å². The summed E-state index contributed by atoms with van der Waals surface area (Å²) in [5.41, 5.74) is 2.58. The van der Waals surface area contributed by atoms with Crippen LogP contribution in [0.1, 0.15) is 40.5 Å². The van der Waals surface area contributed by atoms with Gasteiger partial charge in [-0.3, -0.25) is 4.79 Å². The van der Waals surface area contributed by atoms with E-state index in [1.807, 2.05) is 0 Å². The summed E-state index contributed by atoms with van der Waals surface area (Å²) in [7, 11) is 0. The van der Waals surface area contributed by atoms with Crippen LogP contribution in [-0.4, -0.2) is 12.1 Å². The number of allylic oxidation sites excluding steroid dienone is 1. The SMILES string of the molecule is CCC1=C(C(C)(C)C)C=NC(=O)C1. The van der Waals surface area contributed by atoms with Crippen LogP contribution in [0.2, 0.25) is 0 Å². The van der Waals surface area contributed by atoms with Gasteiger partial charge in [-0.25, -0.2) is 4.99 Å². The zero-order chi connectivity index (χ0) is 10.1. The van der Waals surface area contributed by atoms with E-state index in [0.717, 1.165) is 6.42 Å². The molecule has 1 aliphatic rings. The van der Waals surface area contributed by atoms with Crippen LogP contribution < -0.4 is 0 Å². The van der Waals surface area contributed by atoms with Crippen molar-refractivity contribution in [1.82, 2.24) is 0 Å². The highest BCUT2D eigenvalue weighted by Gasteiger charge is 2.22. The third kappa shape index (κ3) is 2.27. The number of hydrogen-bond donors (Lipinski definition) is 0. The molecule has 0 aromatic rings. The number of nitrogens with zero attached hydrogens (tertiary/aromatic N) is 1. The molecule has 0 saturated heterocycles. The molecule has 0 fully saturated rings. The molecule has 1 amide bonds. The Hall–Kier alpha value is -0.920. The Balaban J connectivity index is 3.05. The number of amides is 1. The van der Waals surface area contributed by atoms with E-state index < -0.39 is 0 Å². The van der Waals surface area contributed by atoms with Crippen molar-refractivity contribution in [3.05, 3.63) is 11.1 Å². The topological polar surface area (TPSA) is 29.4 Å². The number of rotatable bonds is 1. The number of aliphatic imine (C=N–C) groups is 1. The average Bonchev–Trinajstić information content (AvgIpc) is 2.01. The van der Waals surface area contributed by atoms with Crippen molar-refractivity contribution in [2.45, 2.75) is 40.5 Å². The van der Waals surface area contributed by atoms with Crippen molar-refractivity contribution < 1.29 is 4.79 Å². The minimum absolute atomic E-state index is 0.00940. The lowest BCUT2D eigenvalue weighted by Gasteiger charge is -2.25. The minimum Gasteiger partial charge on any atom is -0.272 e. The van der Waals surface area contributed by atoms with Crippen molar-refractivity contribution in [2.24, 2.45) is 10.4 Å². The average molecular weight is 179 g/mol. The Morgan fingerprint density at radius 3 is 2.54 bits per heavy atom. The fourth-order valence-electron chi connectivity index (χ4n) is 1.59. The molecule has 2 nitrogen and oxygen atoms in total. The van der Waals surface area contributed by atoms with Gasteiger partial charge in [0.25, 0.3) is 0 Å². The first-order valence-electron chi connectivity index (χ1n) is 4.74. The Morgan fingerprint density at radius 2 is 2.08 bits per heavy atom. The summed E-state index contributed by atoms with van der Waals surface area (Å²) in [6.07, 6.45) is 3.20. The normalized spacial score (nSPS) is 18.3. The van der Waals surface area contributed by atoms with Gasteiger partial charge in [0.2, 0.25) is 5.91 Å². The Labute approximate surface area is 79.8 Å². The molecule has 0 bridgehead atoms. The largest absolute Gasteiger partial charge is 0.272 e. The second kappa shape index (κ2) is 3.44. The highest BCUT2D eigenvalue weighted by Crippen LogP contribution is 2.31. The maximum Gasteiger partial charge on any atom is 0.249 e. The molecular weight excluding hydrogens is 162 g/mol. The van der Waals surface area contributed by atoms with Gasteiger partial charge in [-0.1, -0.05) is 33.3 Å². The van der Waals surface area contributed by atoms with E-state index in [-0.39, 0.29) is 11.3 Å². The van der Waals surface area contributed by atoms with E-state index in [0.29, 0.717) is 6.42 Å². The zero-order valence-electron chi connectivity index (χ0n) is 8.85. The molecule has 0 saturated carbocycles. The van der Waals surface area contributed by atoms with E-state index in [9.17, 15) is 4.79 Å². The molecule has 0 radical (unpaired) electrons. The number of dihydropyridines is 1. The lowest BCUT2D eigenvalue weighted by molar-refractivity contribution is -0.117. The molecule has 0 spiro atoms. The molecule has 0 atom stereocenters. The van der Waals surface area contributed by atoms with Crippen molar-refractivity contribution >= 4 is 12.1 Å². The summed E-state index contributed by atoms with van der Waals surface area (Å²) in [4.78, 5) is 14.9. The van der Waals surface area contributed by atoms with E-state index in [1.165, 1.54) is 11.1 Å². The Kier molecular flexibility index (Phi) is 2.69. The van der Waals surface area contributed by atoms with Crippen LogP contribution in [0.25, 0.3) is 0 Å². The molecule has 0 N–H and O–H groups in total. The monoisotopic (exact) mass is 179 g/mol. The van der Waals surface area contributed by atoms with E-state index in [4.69, 9.17) is 0 Å². The van der Waals surface area contributed by atoms with Crippen molar-refractivity contribution in [3.8, 4) is 0 Å². The van der Waals surface area contributed by atoms with E-state index in [2.05, 4.69) is 32.7 Å². The minimum atomic E-state index is -0.00940. The second-order valence-electron chi connectivity index (χ2n) is 4.45. The predicted molar refractivity (Wildman–Crippen MR) is 54.9 cm³/mol. The Bertz CT molecular complexity index is 279. The first-order chi connectivity index (χ1) is 5.95. The fourth-order valence-corrected chi connectivity index (χ4v) is 1.59. The summed E-state index contributed by atoms with van der Waals surface area (Å²) in [5, 5.41) is 0. The third-order valence-electron chi connectivity index (χ3n) is 2.32. The highest BCUT2D eigenvalue weighted by molar-refractivity contribution is 5.97. The summed E-state index contributed by atoms with van der Waals surface area (Å²) < 4.78 is 0. The van der Waals surface area contributed by atoms with Crippen LogP contribution >= 0.6 is 0 Å². The molecule has 13 heavy (non-hydrogen) atoms. The van der Waals surface area contributed by atoms with Gasteiger partial charge in [0, 0.05) is 6.21 Å². The number of carbonyl (C=O) groups excluding carboxylic acids is 1. The predicted octanol–water partition coefficient (Wildman–Crippen LogP) is 2.74. The van der Waals surface area contributed by atoms with Crippen LogP contribution in [0.4, 0.5) is 0 Å². The summed E-state index contributed by atoms with van der Waals surface area (Å²) in [5.74, 6) is -0.00940. The van der Waals surface area contributed by atoms with Crippen LogP contribution in [0.5, 0.6) is 0 Å². The summed E-state index contributed by atoms with van der Waals surface area (Å²) >= 11 is 0. The van der Waals surface area contributed by atoms with Gasteiger partial charge < -0.3 is 0 Å². The van der Waals surface area contributed by atoms with Crippen molar-refractivity contribution in [1.29, 1.82) is 0 Å². The maximum absolute atomic E-state index is 11.1. The smallest absolute Gasteiger partial charge is 0.249 e. The molecular formula is C11H17NO. The van der Waals surface area contributed by atoms with Gasteiger partial charge in [-0.15, -0.1) is 0 Å². The Morgan fingerprint density at radius 1 is 1.46 bits per heavy atom. The van der Waals surface area contributed by atoms with Gasteiger partial charge in [-0.05, 0) is 17.4 Å². The molecule has 1 rings (SSSR count). The van der Waals surface area contributed by atoms with Gasteiger partial charge in [0.15, 0.2) is 0 Å². The lowest BCUT2D eigenvalue weighted by Crippen LogP contribution is -2.18. The third-order valence-corrected chi connectivity index (χ3v) is 2.32. The number of carbonyl (C=O) groups is 1. The van der Waals surface area contributed by atoms with Crippen LogP contribution in [0.15, 0.2) is 16.1 Å². The molecule has 0 unspecified atom stereocenters. The standard InChI is InChI=1S/C11H17NO/c1-5-8-6-10(13)12-7-9(8)11(2,3)4/h7H,5-6H2,1-4H3. The molecule has 72 valence electrons. The maximum atomic E-state index is 11.1. The van der Waals surface area contributed by atoms with Gasteiger partial charge in [-0.2, -0.15) is 0 Å². The molecule has 1 heterocycles. The van der Waals surface area contributed by atoms with E-state index in [1.54, 1.807) is 6.21 Å². The van der Waals surface area contributed by atoms with Gasteiger partial charge in [0.05, 0.1) is 6.42 Å². The van der Waals surface area contributed by atoms with Crippen molar-refractivity contribution in [3.63, 3.8) is 0 Å².